The fourth-order valence-corrected chi connectivity index (χ4v) is 9.43. The molecule has 8 rings (SSSR count). The highest BCUT2D eigenvalue weighted by atomic mass is 19.1. The standard InChI is InChI=1S/C36H44F2N6O4/c1-2-26-28(38)6-5-22-13-25(46)15-30(32(22)26)42-12-7-27-29(18-42)39-34(48-21-35-8-3-11-44(35)17-24(37)16-35)40-33(27)43-10-4-9-36(20-43)23(19-45)14-31(47)41-36/h5-6,13,15,23-24,45-46H,2-4,7-12,14,16-21H2,1H3,(H,41,47)/t23?,24-,35+,36?/m1/s1. The predicted molar refractivity (Wildman–Crippen MR) is 178 cm³/mol. The smallest absolute Gasteiger partial charge is 0.318 e. The summed E-state index contributed by atoms with van der Waals surface area (Å²) in [4.78, 5) is 29.1. The first-order chi connectivity index (χ1) is 23.2. The molecule has 4 atom stereocenters. The van der Waals surface area contributed by atoms with E-state index in [0.717, 1.165) is 72.3 Å². The number of rotatable bonds is 7. The summed E-state index contributed by atoms with van der Waals surface area (Å²) in [6.45, 7) is 5.73. The van der Waals surface area contributed by atoms with Gasteiger partial charge in [0.25, 0.3) is 0 Å². The topological polar surface area (TPSA) is 114 Å². The first-order valence-corrected chi connectivity index (χ1v) is 17.5. The highest BCUT2D eigenvalue weighted by molar-refractivity contribution is 5.98. The van der Waals surface area contributed by atoms with Gasteiger partial charge in [0.15, 0.2) is 0 Å². The van der Waals surface area contributed by atoms with Crippen LogP contribution in [0.3, 0.4) is 0 Å². The van der Waals surface area contributed by atoms with E-state index < -0.39 is 11.7 Å². The van der Waals surface area contributed by atoms with Gasteiger partial charge in [0.2, 0.25) is 5.91 Å². The van der Waals surface area contributed by atoms with Gasteiger partial charge < -0.3 is 30.1 Å². The van der Waals surface area contributed by atoms with Crippen LogP contribution in [0.2, 0.25) is 0 Å². The number of piperidine rings is 1. The average Bonchev–Trinajstić information content (AvgIpc) is 3.71. The van der Waals surface area contributed by atoms with E-state index in [1.165, 1.54) is 6.07 Å². The van der Waals surface area contributed by atoms with Gasteiger partial charge in [-0.25, -0.2) is 8.78 Å². The molecule has 0 saturated carbocycles. The Labute approximate surface area is 279 Å². The van der Waals surface area contributed by atoms with Gasteiger partial charge in [0, 0.05) is 74.2 Å². The molecular weight excluding hydrogens is 618 g/mol. The second-order valence-electron chi connectivity index (χ2n) is 14.5. The number of phenolic OH excluding ortho intramolecular Hbond substituents is 1. The Morgan fingerprint density at radius 1 is 1.12 bits per heavy atom. The molecule has 0 bridgehead atoms. The van der Waals surface area contributed by atoms with Crippen molar-refractivity contribution in [2.75, 3.05) is 55.7 Å². The number of aromatic nitrogens is 2. The highest BCUT2D eigenvalue weighted by Gasteiger charge is 2.50. The van der Waals surface area contributed by atoms with Crippen molar-refractivity contribution in [3.8, 4) is 11.8 Å². The van der Waals surface area contributed by atoms with E-state index in [1.807, 2.05) is 6.92 Å². The molecule has 0 aliphatic carbocycles. The van der Waals surface area contributed by atoms with Crippen molar-refractivity contribution in [1.82, 2.24) is 20.2 Å². The van der Waals surface area contributed by atoms with Crippen molar-refractivity contribution < 1.29 is 28.5 Å². The third-order valence-corrected chi connectivity index (χ3v) is 11.7. The molecule has 5 aliphatic rings. The van der Waals surface area contributed by atoms with Gasteiger partial charge in [-0.15, -0.1) is 0 Å². The molecule has 1 aromatic heterocycles. The number of halogens is 2. The van der Waals surface area contributed by atoms with Gasteiger partial charge in [-0.3, -0.25) is 9.69 Å². The zero-order valence-corrected chi connectivity index (χ0v) is 27.5. The maximum atomic E-state index is 15.1. The molecule has 12 heteroatoms. The van der Waals surface area contributed by atoms with Crippen molar-refractivity contribution in [3.05, 3.63) is 46.9 Å². The minimum absolute atomic E-state index is 0.0374. The van der Waals surface area contributed by atoms with E-state index in [1.54, 1.807) is 18.2 Å². The number of alkyl halides is 1. The second kappa shape index (κ2) is 12.0. The summed E-state index contributed by atoms with van der Waals surface area (Å²) in [5, 5.41) is 25.7. The number of nitrogens with one attached hydrogen (secondary N) is 1. The molecular formula is C36H44F2N6O4. The Kier molecular flexibility index (Phi) is 7.86. The average molecular weight is 663 g/mol. The number of aromatic hydroxyl groups is 1. The molecule has 6 heterocycles. The van der Waals surface area contributed by atoms with Gasteiger partial charge in [-0.05, 0) is 68.2 Å². The van der Waals surface area contributed by atoms with Crippen molar-refractivity contribution >= 4 is 28.2 Å². The molecule has 5 aliphatic heterocycles. The van der Waals surface area contributed by atoms with Gasteiger partial charge in [-0.2, -0.15) is 9.97 Å². The fourth-order valence-electron chi connectivity index (χ4n) is 9.43. The fraction of sp³-hybridized carbons (Fsp3) is 0.583. The van der Waals surface area contributed by atoms with Crippen molar-refractivity contribution in [3.63, 3.8) is 0 Å². The minimum Gasteiger partial charge on any atom is -0.508 e. The number of nitrogens with zero attached hydrogens (tertiary/aromatic N) is 5. The van der Waals surface area contributed by atoms with E-state index in [4.69, 9.17) is 14.7 Å². The van der Waals surface area contributed by atoms with Gasteiger partial charge in [-0.1, -0.05) is 13.0 Å². The third-order valence-electron chi connectivity index (χ3n) is 11.7. The summed E-state index contributed by atoms with van der Waals surface area (Å²) in [6.07, 6.45) is 4.49. The summed E-state index contributed by atoms with van der Waals surface area (Å²) < 4.78 is 36.1. The summed E-state index contributed by atoms with van der Waals surface area (Å²) >= 11 is 0. The van der Waals surface area contributed by atoms with E-state index in [9.17, 15) is 19.4 Å². The summed E-state index contributed by atoms with van der Waals surface area (Å²) in [5.74, 6) is 0.403. The maximum Gasteiger partial charge on any atom is 0.318 e. The molecule has 3 N–H and O–H groups in total. The van der Waals surface area contributed by atoms with Crippen LogP contribution in [-0.4, -0.2) is 94.2 Å². The van der Waals surface area contributed by atoms with Gasteiger partial charge >= 0.3 is 6.01 Å². The number of fused-ring (bicyclic) bond motifs is 3. The lowest BCUT2D eigenvalue weighted by atomic mass is 9.79. The van der Waals surface area contributed by atoms with Crippen LogP contribution in [0.25, 0.3) is 10.8 Å². The lowest BCUT2D eigenvalue weighted by molar-refractivity contribution is -0.120. The number of hydrogen-bond donors (Lipinski definition) is 3. The number of aliphatic hydroxyl groups excluding tert-OH is 1. The SMILES string of the molecule is CCc1c(F)ccc2cc(O)cc(N3CCc4c(nc(OC[C@@]56CCCN5C[C@H](F)C6)nc4N4CCCC5(C4)NC(=O)CC5CO)C3)c12. The maximum absolute atomic E-state index is 15.1. The monoisotopic (exact) mass is 662 g/mol. The van der Waals surface area contributed by atoms with E-state index in [2.05, 4.69) is 20.0 Å². The lowest BCUT2D eigenvalue weighted by Gasteiger charge is -2.45. The van der Waals surface area contributed by atoms with Crippen LogP contribution in [0.4, 0.5) is 20.3 Å². The number of phenols is 1. The molecule has 2 unspecified atom stereocenters. The molecule has 2 aromatic carbocycles. The largest absolute Gasteiger partial charge is 0.508 e. The van der Waals surface area contributed by atoms with Crippen LogP contribution in [0, 0.1) is 11.7 Å². The number of amides is 1. The summed E-state index contributed by atoms with van der Waals surface area (Å²) in [6, 6.07) is 6.79. The molecule has 1 amide bonds. The van der Waals surface area contributed by atoms with Crippen LogP contribution in [0.1, 0.15) is 62.3 Å². The van der Waals surface area contributed by atoms with Crippen LogP contribution in [0.5, 0.6) is 11.8 Å². The normalized spacial score (nSPS) is 28.7. The van der Waals surface area contributed by atoms with Crippen molar-refractivity contribution in [2.45, 2.75) is 82.1 Å². The number of aryl methyl sites for hydroxylation is 1. The number of ether oxygens (including phenoxy) is 1. The minimum atomic E-state index is -0.872. The predicted octanol–water partition coefficient (Wildman–Crippen LogP) is 4.02. The highest BCUT2D eigenvalue weighted by Crippen LogP contribution is 2.43. The van der Waals surface area contributed by atoms with Crippen molar-refractivity contribution in [1.29, 1.82) is 0 Å². The van der Waals surface area contributed by atoms with E-state index >= 15 is 4.39 Å². The molecule has 0 radical (unpaired) electrons. The first-order valence-electron chi connectivity index (χ1n) is 17.5. The molecule has 4 fully saturated rings. The number of benzene rings is 2. The zero-order chi connectivity index (χ0) is 33.2. The second-order valence-corrected chi connectivity index (χ2v) is 14.5. The van der Waals surface area contributed by atoms with Crippen LogP contribution in [-0.2, 0) is 24.2 Å². The number of hydrogen-bond acceptors (Lipinski definition) is 9. The molecule has 3 aromatic rings. The van der Waals surface area contributed by atoms with Gasteiger partial charge in [0.1, 0.15) is 30.2 Å². The number of carbonyl (C=O) groups excluding carboxylic acids is 1. The Balaban J connectivity index is 1.17. The number of anilines is 2. The van der Waals surface area contributed by atoms with Crippen LogP contribution >= 0.6 is 0 Å². The summed E-state index contributed by atoms with van der Waals surface area (Å²) in [5.41, 5.74) is 2.26. The van der Waals surface area contributed by atoms with Gasteiger partial charge in [0.05, 0.1) is 23.3 Å². The Hall–Kier alpha value is -3.77. The molecule has 256 valence electrons. The molecule has 48 heavy (non-hydrogen) atoms. The van der Waals surface area contributed by atoms with Crippen molar-refractivity contribution in [2.24, 2.45) is 5.92 Å². The third kappa shape index (κ3) is 5.22. The number of aliphatic hydroxyl groups is 1. The first kappa shape index (κ1) is 31.5. The molecule has 1 spiro atoms. The molecule has 4 saturated heterocycles. The Morgan fingerprint density at radius 2 is 1.98 bits per heavy atom. The van der Waals surface area contributed by atoms with E-state index in [0.29, 0.717) is 64.0 Å². The van der Waals surface area contributed by atoms with Crippen LogP contribution in [0.15, 0.2) is 24.3 Å². The van der Waals surface area contributed by atoms with E-state index in [-0.39, 0.29) is 41.5 Å². The van der Waals surface area contributed by atoms with Crippen LogP contribution < -0.4 is 19.9 Å². The molecule has 10 nitrogen and oxygen atoms in total. The lowest BCUT2D eigenvalue weighted by Crippen LogP contribution is -2.59. The summed E-state index contributed by atoms with van der Waals surface area (Å²) in [7, 11) is 0. The quantitative estimate of drug-likeness (QED) is 0.345. The Bertz CT molecular complexity index is 1760. The Morgan fingerprint density at radius 3 is 2.81 bits per heavy atom. The zero-order valence-electron chi connectivity index (χ0n) is 27.5. The number of carbonyl (C=O) groups is 1.